The van der Waals surface area contributed by atoms with Gasteiger partial charge in [0.1, 0.15) is 11.6 Å². The highest BCUT2D eigenvalue weighted by molar-refractivity contribution is 5.55. The summed E-state index contributed by atoms with van der Waals surface area (Å²) in [5.74, 6) is 1.55. The van der Waals surface area contributed by atoms with Crippen molar-refractivity contribution in [3.05, 3.63) is 102 Å². The number of methoxy groups -OCH3 is 1. The van der Waals surface area contributed by atoms with Crippen LogP contribution in [0.25, 0.3) is 11.4 Å². The Kier molecular flexibility index (Phi) is 5.86. The van der Waals surface area contributed by atoms with E-state index < -0.39 is 0 Å². The van der Waals surface area contributed by atoms with E-state index in [-0.39, 0.29) is 11.9 Å². The Morgan fingerprint density at radius 2 is 1.60 bits per heavy atom. The summed E-state index contributed by atoms with van der Waals surface area (Å²) >= 11 is 0. The zero-order valence-corrected chi connectivity index (χ0v) is 16.8. The Hall–Kier alpha value is -3.51. The molecule has 0 saturated heterocycles. The minimum absolute atomic E-state index is 0.0804. The van der Waals surface area contributed by atoms with E-state index in [4.69, 9.17) is 9.26 Å². The molecule has 0 spiro atoms. The van der Waals surface area contributed by atoms with Gasteiger partial charge in [-0.15, -0.1) is 0 Å². The van der Waals surface area contributed by atoms with Crippen molar-refractivity contribution in [2.75, 3.05) is 14.2 Å². The lowest BCUT2D eigenvalue weighted by atomic mass is 9.97. The normalized spacial score (nSPS) is 12.1. The standard InChI is InChI=1S/C24H22FN3O2/c1-28(16-22-26-24(27-30-22)19-10-14-21(29-2)15-11-19)23(17-6-4-3-5-7-17)18-8-12-20(25)13-9-18/h3-15,23H,16H2,1-2H3. The number of nitrogens with zero attached hydrogens (tertiary/aromatic N) is 3. The molecule has 0 aliphatic carbocycles. The van der Waals surface area contributed by atoms with Crippen molar-refractivity contribution in [3.8, 4) is 17.1 Å². The zero-order valence-electron chi connectivity index (χ0n) is 16.8. The molecular weight excluding hydrogens is 381 g/mol. The SMILES string of the molecule is COc1ccc(-c2noc(CN(C)C(c3ccccc3)c3ccc(F)cc3)n2)cc1. The number of hydrogen-bond donors (Lipinski definition) is 0. The van der Waals surface area contributed by atoms with E-state index in [9.17, 15) is 4.39 Å². The molecule has 0 N–H and O–H groups in total. The fourth-order valence-corrected chi connectivity index (χ4v) is 3.46. The van der Waals surface area contributed by atoms with Crippen LogP contribution in [0.15, 0.2) is 83.4 Å². The summed E-state index contributed by atoms with van der Waals surface area (Å²) in [6.45, 7) is 0.445. The molecule has 152 valence electrons. The van der Waals surface area contributed by atoms with E-state index in [2.05, 4.69) is 27.2 Å². The molecule has 6 heteroatoms. The van der Waals surface area contributed by atoms with Crippen LogP contribution in [-0.2, 0) is 6.54 Å². The number of benzene rings is 3. The summed E-state index contributed by atoms with van der Waals surface area (Å²) in [7, 11) is 3.61. The summed E-state index contributed by atoms with van der Waals surface area (Å²) in [6, 6.07) is 24.1. The van der Waals surface area contributed by atoms with Gasteiger partial charge in [0.25, 0.3) is 0 Å². The molecule has 1 unspecified atom stereocenters. The monoisotopic (exact) mass is 403 g/mol. The number of hydrogen-bond acceptors (Lipinski definition) is 5. The minimum atomic E-state index is -0.255. The highest BCUT2D eigenvalue weighted by Gasteiger charge is 2.22. The third-order valence-electron chi connectivity index (χ3n) is 4.94. The summed E-state index contributed by atoms with van der Waals surface area (Å²) in [5.41, 5.74) is 2.94. The molecule has 0 saturated carbocycles. The van der Waals surface area contributed by atoms with Gasteiger partial charge in [-0.25, -0.2) is 4.39 Å². The van der Waals surface area contributed by atoms with Gasteiger partial charge in [0, 0.05) is 5.56 Å². The lowest BCUT2D eigenvalue weighted by Gasteiger charge is -2.27. The van der Waals surface area contributed by atoms with Crippen molar-refractivity contribution in [3.63, 3.8) is 0 Å². The molecule has 1 aromatic heterocycles. The largest absolute Gasteiger partial charge is 0.497 e. The van der Waals surface area contributed by atoms with Crippen molar-refractivity contribution in [2.45, 2.75) is 12.6 Å². The van der Waals surface area contributed by atoms with E-state index >= 15 is 0 Å². The van der Waals surface area contributed by atoms with Crippen LogP contribution in [0.5, 0.6) is 5.75 Å². The van der Waals surface area contributed by atoms with E-state index in [1.807, 2.05) is 49.5 Å². The van der Waals surface area contributed by atoms with Crippen LogP contribution >= 0.6 is 0 Å². The summed E-state index contributed by atoms with van der Waals surface area (Å²) in [4.78, 5) is 6.64. The van der Waals surface area contributed by atoms with E-state index in [1.165, 1.54) is 12.1 Å². The second-order valence-electron chi connectivity index (χ2n) is 7.02. The van der Waals surface area contributed by atoms with Crippen molar-refractivity contribution < 1.29 is 13.7 Å². The zero-order chi connectivity index (χ0) is 20.9. The first-order valence-corrected chi connectivity index (χ1v) is 9.61. The fourth-order valence-electron chi connectivity index (χ4n) is 3.46. The minimum Gasteiger partial charge on any atom is -0.497 e. The van der Waals surface area contributed by atoms with Crippen molar-refractivity contribution in [1.82, 2.24) is 15.0 Å². The predicted octanol–water partition coefficient (Wildman–Crippen LogP) is 5.11. The molecule has 4 aromatic rings. The Morgan fingerprint density at radius 3 is 2.27 bits per heavy atom. The third-order valence-corrected chi connectivity index (χ3v) is 4.94. The average molecular weight is 403 g/mol. The van der Waals surface area contributed by atoms with Crippen LogP contribution in [-0.4, -0.2) is 29.2 Å². The molecule has 0 bridgehead atoms. The number of rotatable bonds is 7. The van der Waals surface area contributed by atoms with Crippen LogP contribution in [0.4, 0.5) is 4.39 Å². The first-order valence-electron chi connectivity index (χ1n) is 9.61. The van der Waals surface area contributed by atoms with Crippen LogP contribution in [0.3, 0.4) is 0 Å². The summed E-state index contributed by atoms with van der Waals surface area (Å²) < 4.78 is 24.1. The average Bonchev–Trinajstić information content (AvgIpc) is 3.24. The van der Waals surface area contributed by atoms with Gasteiger partial charge in [-0.3, -0.25) is 4.90 Å². The maximum Gasteiger partial charge on any atom is 0.241 e. The fraction of sp³-hybridized carbons (Fsp3) is 0.167. The van der Waals surface area contributed by atoms with Gasteiger partial charge in [0.15, 0.2) is 0 Å². The van der Waals surface area contributed by atoms with Crippen molar-refractivity contribution in [2.24, 2.45) is 0 Å². The number of aromatic nitrogens is 2. The maximum atomic E-state index is 13.5. The highest BCUT2D eigenvalue weighted by atomic mass is 19.1. The summed E-state index contributed by atoms with van der Waals surface area (Å²) in [6.07, 6.45) is 0. The van der Waals surface area contributed by atoms with Crippen molar-refractivity contribution >= 4 is 0 Å². The predicted molar refractivity (Wildman–Crippen MR) is 112 cm³/mol. The van der Waals surface area contributed by atoms with Gasteiger partial charge in [-0.05, 0) is 54.6 Å². The van der Waals surface area contributed by atoms with E-state index in [0.717, 1.165) is 22.4 Å². The molecular formula is C24H22FN3O2. The lowest BCUT2D eigenvalue weighted by molar-refractivity contribution is 0.229. The Morgan fingerprint density at radius 1 is 0.933 bits per heavy atom. The lowest BCUT2D eigenvalue weighted by Crippen LogP contribution is -2.25. The second kappa shape index (κ2) is 8.88. The molecule has 1 atom stereocenters. The Labute approximate surface area is 174 Å². The first kappa shape index (κ1) is 19.8. The molecule has 30 heavy (non-hydrogen) atoms. The first-order chi connectivity index (χ1) is 14.6. The second-order valence-corrected chi connectivity index (χ2v) is 7.02. The van der Waals surface area contributed by atoms with Gasteiger partial charge in [0.05, 0.1) is 19.7 Å². The topological polar surface area (TPSA) is 51.4 Å². The Bertz CT molecular complexity index is 1080. The molecule has 4 rings (SSSR count). The quantitative estimate of drug-likeness (QED) is 0.429. The van der Waals surface area contributed by atoms with Gasteiger partial charge in [0.2, 0.25) is 11.7 Å². The highest BCUT2D eigenvalue weighted by Crippen LogP contribution is 2.29. The van der Waals surface area contributed by atoms with Crippen LogP contribution in [0.2, 0.25) is 0 Å². The van der Waals surface area contributed by atoms with E-state index in [0.29, 0.717) is 18.3 Å². The summed E-state index contributed by atoms with van der Waals surface area (Å²) in [5, 5.41) is 4.11. The molecule has 0 amide bonds. The van der Waals surface area contributed by atoms with Gasteiger partial charge < -0.3 is 9.26 Å². The smallest absolute Gasteiger partial charge is 0.241 e. The molecule has 0 aliphatic heterocycles. The van der Waals surface area contributed by atoms with Gasteiger partial charge in [-0.2, -0.15) is 4.98 Å². The number of ether oxygens (including phenoxy) is 1. The third kappa shape index (κ3) is 4.39. The molecule has 0 aliphatic rings. The molecule has 3 aromatic carbocycles. The van der Waals surface area contributed by atoms with Gasteiger partial charge in [-0.1, -0.05) is 47.6 Å². The number of halogens is 1. The van der Waals surface area contributed by atoms with Crippen LogP contribution in [0, 0.1) is 5.82 Å². The van der Waals surface area contributed by atoms with Crippen LogP contribution < -0.4 is 4.74 Å². The maximum absolute atomic E-state index is 13.5. The van der Waals surface area contributed by atoms with Crippen molar-refractivity contribution in [1.29, 1.82) is 0 Å². The van der Waals surface area contributed by atoms with Crippen LogP contribution in [0.1, 0.15) is 23.1 Å². The van der Waals surface area contributed by atoms with E-state index in [1.54, 1.807) is 19.2 Å². The molecule has 0 radical (unpaired) electrons. The molecule has 5 nitrogen and oxygen atoms in total. The molecule has 1 heterocycles. The van der Waals surface area contributed by atoms with Gasteiger partial charge >= 0.3 is 0 Å². The Balaban J connectivity index is 1.57. The molecule has 0 fully saturated rings.